The van der Waals surface area contributed by atoms with Gasteiger partial charge in [0.1, 0.15) is 5.82 Å². The zero-order chi connectivity index (χ0) is 30.8. The first kappa shape index (κ1) is 31.2. The highest BCUT2D eigenvalue weighted by molar-refractivity contribution is 6.21. The summed E-state index contributed by atoms with van der Waals surface area (Å²) in [6, 6.07) is 19.6. The van der Waals surface area contributed by atoms with Gasteiger partial charge in [-0.05, 0) is 62.0 Å². The van der Waals surface area contributed by atoms with Crippen LogP contribution in [0, 0.1) is 5.82 Å². The minimum absolute atomic E-state index is 0.0500. The van der Waals surface area contributed by atoms with Crippen molar-refractivity contribution in [3.63, 3.8) is 0 Å². The van der Waals surface area contributed by atoms with Gasteiger partial charge in [-0.25, -0.2) is 19.0 Å². The van der Waals surface area contributed by atoms with E-state index in [0.29, 0.717) is 46.4 Å². The van der Waals surface area contributed by atoms with Gasteiger partial charge in [-0.3, -0.25) is 4.79 Å². The summed E-state index contributed by atoms with van der Waals surface area (Å²) in [7, 11) is 4.01. The zero-order valence-corrected chi connectivity index (χ0v) is 22.9. The SMILES string of the molecule is CN(C)Cc1ccc(N=C(c2ccc(CCC(=O)O)cc2)c2c(O)[nH]c3cc(F)ccc23)cc1.O=C(O)/C=C\C(=O)O. The average molecular weight is 576 g/mol. The van der Waals surface area contributed by atoms with Crippen molar-refractivity contribution in [2.24, 2.45) is 4.99 Å². The maximum absolute atomic E-state index is 13.8. The predicted octanol–water partition coefficient (Wildman–Crippen LogP) is 4.97. The maximum Gasteiger partial charge on any atom is 0.328 e. The third-order valence-electron chi connectivity index (χ3n) is 5.88. The molecule has 1 heterocycles. The number of aromatic nitrogens is 1. The number of aromatic amines is 1. The molecule has 11 heteroatoms. The molecule has 0 aliphatic carbocycles. The summed E-state index contributed by atoms with van der Waals surface area (Å²) in [4.78, 5) is 39.8. The van der Waals surface area contributed by atoms with E-state index >= 15 is 0 Å². The molecule has 5 N–H and O–H groups in total. The summed E-state index contributed by atoms with van der Waals surface area (Å²) in [5.41, 5.74) is 4.98. The average Bonchev–Trinajstić information content (AvgIpc) is 3.25. The molecule has 0 saturated carbocycles. The standard InChI is InChI=1S/C27H26FN3O3.C4H4O4/c1-31(2)16-18-5-11-21(12-6-18)29-26(19-8-3-17(4-9-19)7-14-24(32)33)25-22-13-10-20(28)15-23(22)30-27(25)34;5-3(6)1-2-4(7)8/h3-6,8-13,15,30,34H,7,14,16H2,1-2H3,(H,32,33);1-2H,(H,5,6)(H,7,8)/b;2-1-. The highest BCUT2D eigenvalue weighted by Crippen LogP contribution is 2.32. The number of rotatable bonds is 10. The number of halogens is 1. The number of fused-ring (bicyclic) bond motifs is 1. The number of carbonyl (C=O) groups is 3. The number of benzene rings is 3. The summed E-state index contributed by atoms with van der Waals surface area (Å²) >= 11 is 0. The summed E-state index contributed by atoms with van der Waals surface area (Å²) in [5, 5.41) is 36.0. The second-order valence-corrected chi connectivity index (χ2v) is 9.50. The van der Waals surface area contributed by atoms with Gasteiger partial charge in [0, 0.05) is 36.1 Å². The van der Waals surface area contributed by atoms with Crippen molar-refractivity contribution in [2.75, 3.05) is 14.1 Å². The van der Waals surface area contributed by atoms with E-state index in [-0.39, 0.29) is 12.3 Å². The van der Waals surface area contributed by atoms with Crippen LogP contribution in [0.3, 0.4) is 0 Å². The van der Waals surface area contributed by atoms with E-state index in [4.69, 9.17) is 20.3 Å². The molecule has 10 nitrogen and oxygen atoms in total. The van der Waals surface area contributed by atoms with E-state index in [2.05, 4.69) is 9.88 Å². The first-order valence-corrected chi connectivity index (χ1v) is 12.7. The molecule has 4 aromatic rings. The van der Waals surface area contributed by atoms with Crippen molar-refractivity contribution in [1.82, 2.24) is 9.88 Å². The lowest BCUT2D eigenvalue weighted by Crippen LogP contribution is -2.10. The number of H-pyrrole nitrogens is 1. The molecule has 0 aliphatic heterocycles. The van der Waals surface area contributed by atoms with E-state index in [1.807, 2.05) is 62.6 Å². The molecule has 4 rings (SSSR count). The van der Waals surface area contributed by atoms with Crippen molar-refractivity contribution < 1.29 is 39.2 Å². The van der Waals surface area contributed by atoms with Crippen molar-refractivity contribution in [3.8, 4) is 5.88 Å². The minimum atomic E-state index is -1.26. The number of aliphatic carboxylic acids is 3. The molecule has 0 radical (unpaired) electrons. The van der Waals surface area contributed by atoms with E-state index < -0.39 is 23.7 Å². The molecule has 0 spiro atoms. The molecule has 0 bridgehead atoms. The lowest BCUT2D eigenvalue weighted by molar-refractivity contribution is -0.137. The summed E-state index contributed by atoms with van der Waals surface area (Å²) < 4.78 is 13.8. The Hall–Kier alpha value is -5.29. The molecule has 0 aliphatic rings. The molecule has 0 unspecified atom stereocenters. The van der Waals surface area contributed by atoms with Crippen LogP contribution in [0.25, 0.3) is 10.9 Å². The third kappa shape index (κ3) is 9.14. The minimum Gasteiger partial charge on any atom is -0.494 e. The summed E-state index contributed by atoms with van der Waals surface area (Å²) in [6.07, 6.45) is 1.59. The Bertz CT molecular complexity index is 1610. The van der Waals surface area contributed by atoms with Crippen molar-refractivity contribution in [2.45, 2.75) is 19.4 Å². The van der Waals surface area contributed by atoms with Crippen LogP contribution in [-0.4, -0.2) is 68.0 Å². The second kappa shape index (κ2) is 14.4. The normalized spacial score (nSPS) is 11.5. The van der Waals surface area contributed by atoms with Crippen LogP contribution >= 0.6 is 0 Å². The maximum atomic E-state index is 13.8. The number of aliphatic imine (C=N–C) groups is 1. The molecule has 0 atom stereocenters. The van der Waals surface area contributed by atoms with Crippen LogP contribution in [0.5, 0.6) is 5.88 Å². The summed E-state index contributed by atoms with van der Waals surface area (Å²) in [6.45, 7) is 0.809. The molecule has 0 amide bonds. The Kier molecular flexibility index (Phi) is 10.7. The Balaban J connectivity index is 0.000000531. The van der Waals surface area contributed by atoms with E-state index in [1.165, 1.54) is 12.1 Å². The van der Waals surface area contributed by atoms with Gasteiger partial charge >= 0.3 is 17.9 Å². The number of aromatic hydroxyl groups is 1. The Morgan fingerprint density at radius 3 is 2.02 bits per heavy atom. The monoisotopic (exact) mass is 575 g/mol. The van der Waals surface area contributed by atoms with Crippen molar-refractivity contribution in [1.29, 1.82) is 0 Å². The Morgan fingerprint density at radius 2 is 1.48 bits per heavy atom. The zero-order valence-electron chi connectivity index (χ0n) is 22.9. The smallest absolute Gasteiger partial charge is 0.328 e. The van der Waals surface area contributed by atoms with Gasteiger partial charge in [0.15, 0.2) is 5.88 Å². The second-order valence-electron chi connectivity index (χ2n) is 9.50. The third-order valence-corrected chi connectivity index (χ3v) is 5.88. The lowest BCUT2D eigenvalue weighted by Gasteiger charge is -2.11. The van der Waals surface area contributed by atoms with Gasteiger partial charge in [0.05, 0.1) is 22.5 Å². The fourth-order valence-corrected chi connectivity index (χ4v) is 4.05. The van der Waals surface area contributed by atoms with Crippen LogP contribution in [-0.2, 0) is 27.3 Å². The number of carboxylic acid groups (broad SMARTS) is 3. The Labute approximate surface area is 240 Å². The molecular weight excluding hydrogens is 545 g/mol. The number of nitrogens with one attached hydrogen (secondary N) is 1. The van der Waals surface area contributed by atoms with Crippen molar-refractivity contribution >= 4 is 40.2 Å². The van der Waals surface area contributed by atoms with E-state index in [0.717, 1.165) is 23.2 Å². The predicted molar refractivity (Wildman–Crippen MR) is 156 cm³/mol. The van der Waals surface area contributed by atoms with Gasteiger partial charge in [-0.1, -0.05) is 36.4 Å². The highest BCUT2D eigenvalue weighted by Gasteiger charge is 2.19. The fraction of sp³-hybridized carbons (Fsp3) is 0.161. The number of nitrogens with zero attached hydrogens (tertiary/aromatic N) is 2. The Morgan fingerprint density at radius 1 is 0.881 bits per heavy atom. The van der Waals surface area contributed by atoms with Gasteiger partial charge < -0.3 is 30.3 Å². The summed E-state index contributed by atoms with van der Waals surface area (Å²) in [5.74, 6) is -3.86. The number of aryl methyl sites for hydroxylation is 1. The van der Waals surface area contributed by atoms with E-state index in [9.17, 15) is 23.9 Å². The fourth-order valence-electron chi connectivity index (χ4n) is 4.05. The number of carboxylic acids is 3. The first-order chi connectivity index (χ1) is 19.9. The molecule has 1 aromatic heterocycles. The van der Waals surface area contributed by atoms with Crippen LogP contribution in [0.4, 0.5) is 10.1 Å². The lowest BCUT2D eigenvalue weighted by atomic mass is 9.98. The quantitative estimate of drug-likeness (QED) is 0.131. The van der Waals surface area contributed by atoms with Gasteiger partial charge in [-0.15, -0.1) is 0 Å². The van der Waals surface area contributed by atoms with Crippen LogP contribution < -0.4 is 0 Å². The molecular formula is C31H30FN3O7. The molecule has 42 heavy (non-hydrogen) atoms. The van der Waals surface area contributed by atoms with Gasteiger partial charge in [0.25, 0.3) is 0 Å². The number of hydrogen-bond acceptors (Lipinski definition) is 6. The van der Waals surface area contributed by atoms with Gasteiger partial charge in [-0.2, -0.15) is 0 Å². The van der Waals surface area contributed by atoms with Crippen LogP contribution in [0.15, 0.2) is 83.9 Å². The molecule has 0 saturated heterocycles. The topological polar surface area (TPSA) is 164 Å². The number of hydrogen-bond donors (Lipinski definition) is 5. The van der Waals surface area contributed by atoms with E-state index in [1.54, 1.807) is 6.07 Å². The van der Waals surface area contributed by atoms with Crippen LogP contribution in [0.1, 0.15) is 28.7 Å². The van der Waals surface area contributed by atoms with Crippen molar-refractivity contribution in [3.05, 3.63) is 107 Å². The highest BCUT2D eigenvalue weighted by atomic mass is 19.1. The van der Waals surface area contributed by atoms with Crippen LogP contribution in [0.2, 0.25) is 0 Å². The van der Waals surface area contributed by atoms with Gasteiger partial charge in [0.2, 0.25) is 0 Å². The largest absolute Gasteiger partial charge is 0.494 e. The molecule has 3 aromatic carbocycles. The molecule has 0 fully saturated rings. The molecule has 218 valence electrons. The first-order valence-electron chi connectivity index (χ1n) is 12.7.